The van der Waals surface area contributed by atoms with E-state index >= 15 is 0 Å². The number of hydrogen-bond donors (Lipinski definition) is 1. The largest absolute Gasteiger partial charge is 0.466 e. The molecular formula is C77H150N2O10. The number of nitrogens with zero attached hydrogens (tertiary/aromatic N) is 2. The summed E-state index contributed by atoms with van der Waals surface area (Å²) in [5.41, 5.74) is 0. The van der Waals surface area contributed by atoms with Gasteiger partial charge in [-0.1, -0.05) is 273 Å². The number of aliphatic hydroxyl groups excluding tert-OH is 1. The van der Waals surface area contributed by atoms with Gasteiger partial charge in [0, 0.05) is 45.5 Å². The Kier molecular flexibility index (Phi) is 66.8. The van der Waals surface area contributed by atoms with E-state index in [0.29, 0.717) is 82.8 Å². The first-order chi connectivity index (χ1) is 43.5. The second-order valence-electron chi connectivity index (χ2n) is 27.0. The zero-order valence-electron chi connectivity index (χ0n) is 60.2. The van der Waals surface area contributed by atoms with Gasteiger partial charge in [0.2, 0.25) is 0 Å². The van der Waals surface area contributed by atoms with Crippen LogP contribution in [0, 0.1) is 17.8 Å². The molecule has 0 aromatic rings. The van der Waals surface area contributed by atoms with Crippen LogP contribution in [0.15, 0.2) is 0 Å². The molecule has 0 saturated carbocycles. The molecule has 0 amide bonds. The van der Waals surface area contributed by atoms with Gasteiger partial charge in [0.15, 0.2) is 6.29 Å². The molecule has 1 atom stereocenters. The first kappa shape index (κ1) is 86.7. The topological polar surface area (TPSA) is 141 Å². The number of rotatable bonds is 72. The minimum Gasteiger partial charge on any atom is -0.466 e. The van der Waals surface area contributed by atoms with Crippen molar-refractivity contribution < 1.29 is 48.0 Å². The Bertz CT molecular complexity index is 1430. The fourth-order valence-corrected chi connectivity index (χ4v) is 12.6. The molecule has 12 nitrogen and oxygen atoms in total. The van der Waals surface area contributed by atoms with Crippen molar-refractivity contribution in [3.05, 3.63) is 0 Å². The van der Waals surface area contributed by atoms with E-state index in [9.17, 15) is 24.3 Å². The van der Waals surface area contributed by atoms with E-state index in [1.54, 1.807) is 0 Å². The van der Waals surface area contributed by atoms with E-state index in [1.165, 1.54) is 180 Å². The van der Waals surface area contributed by atoms with Crippen LogP contribution in [0.1, 0.15) is 376 Å². The van der Waals surface area contributed by atoms with Gasteiger partial charge in [0.1, 0.15) is 0 Å². The summed E-state index contributed by atoms with van der Waals surface area (Å²) in [5, 5.41) is 9.58. The molecule has 0 aromatic heterocycles. The standard InChI is InChI=1S/C77H150N2O10/c1-8-14-32-46-71(47-33-15-9-2)56-67-86-74(81)52-38-26-20-23-29-41-59-78(60-42-30-24-21-27-39-53-75(82)87-68-57-72(48-34-16-10-3)49-35-17-11-4)63-45-66-85-70(7)89-77(84)55-64-79(62-44-65-80)61-43-31-25-22-28-40-54-76(83)88-69-58-73(50-36-18-12-5)51-37-19-13-6/h70-73,80H,8-69H2,1-7H3. The number of esters is 4. The van der Waals surface area contributed by atoms with Gasteiger partial charge in [-0.3, -0.25) is 19.2 Å². The summed E-state index contributed by atoms with van der Waals surface area (Å²) in [5.74, 6) is 1.70. The number of ether oxygens (including phenoxy) is 5. The van der Waals surface area contributed by atoms with Crippen molar-refractivity contribution in [1.82, 2.24) is 9.80 Å². The van der Waals surface area contributed by atoms with Crippen LogP contribution in [0.4, 0.5) is 0 Å². The number of aliphatic hydroxyl groups is 1. The quantitative estimate of drug-likeness (QED) is 0.0268. The van der Waals surface area contributed by atoms with Gasteiger partial charge in [-0.15, -0.1) is 0 Å². The monoisotopic (exact) mass is 1260 g/mol. The lowest BCUT2D eigenvalue weighted by molar-refractivity contribution is -0.175. The second-order valence-corrected chi connectivity index (χ2v) is 27.0. The average molecular weight is 1260 g/mol. The number of hydrogen-bond acceptors (Lipinski definition) is 12. The van der Waals surface area contributed by atoms with Crippen molar-refractivity contribution in [2.24, 2.45) is 17.8 Å². The molecule has 0 fully saturated rings. The van der Waals surface area contributed by atoms with Crippen LogP contribution in [0.3, 0.4) is 0 Å². The van der Waals surface area contributed by atoms with Crippen molar-refractivity contribution in [1.29, 1.82) is 0 Å². The van der Waals surface area contributed by atoms with Crippen molar-refractivity contribution >= 4 is 23.9 Å². The number of carbonyl (C=O) groups excluding carboxylic acids is 4. The highest BCUT2D eigenvalue weighted by Crippen LogP contribution is 2.25. The summed E-state index contributed by atoms with van der Waals surface area (Å²) < 4.78 is 28.8. The van der Waals surface area contributed by atoms with Crippen molar-refractivity contribution in [3.8, 4) is 0 Å². The molecule has 0 heterocycles. The minimum absolute atomic E-state index is 0.0259. The Hall–Kier alpha value is -2.28. The van der Waals surface area contributed by atoms with Gasteiger partial charge >= 0.3 is 23.9 Å². The van der Waals surface area contributed by atoms with Crippen LogP contribution >= 0.6 is 0 Å². The molecule has 0 aliphatic carbocycles. The van der Waals surface area contributed by atoms with E-state index in [-0.39, 0.29) is 30.5 Å². The van der Waals surface area contributed by atoms with Gasteiger partial charge < -0.3 is 38.6 Å². The predicted molar refractivity (Wildman–Crippen MR) is 374 cm³/mol. The Morgan fingerprint density at radius 1 is 0.292 bits per heavy atom. The maximum Gasteiger partial charge on any atom is 0.309 e. The van der Waals surface area contributed by atoms with Gasteiger partial charge in [-0.2, -0.15) is 0 Å². The molecule has 0 aliphatic heterocycles. The first-order valence-electron chi connectivity index (χ1n) is 38.9. The van der Waals surface area contributed by atoms with Crippen LogP contribution in [0.2, 0.25) is 0 Å². The molecule has 0 aliphatic rings. The van der Waals surface area contributed by atoms with Crippen LogP contribution in [-0.2, 0) is 42.9 Å². The van der Waals surface area contributed by atoms with Gasteiger partial charge in [-0.25, -0.2) is 0 Å². The molecule has 528 valence electrons. The molecule has 0 aromatic carbocycles. The third-order valence-electron chi connectivity index (χ3n) is 18.5. The van der Waals surface area contributed by atoms with Crippen LogP contribution in [0.5, 0.6) is 0 Å². The van der Waals surface area contributed by atoms with E-state index in [1.807, 2.05) is 6.92 Å². The SMILES string of the molecule is CCCCCC(CCCCC)CCOC(=O)CCCCCCCCN(CCCCCCCCC(=O)OCCC(CCCCC)CCCCC)CCCOC(C)OC(=O)CCN(CCCO)CCCCCCCCC(=O)OCCC(CCCCC)CCCCC. The maximum atomic E-state index is 13.0. The summed E-state index contributed by atoms with van der Waals surface area (Å²) in [7, 11) is 0. The second kappa shape index (κ2) is 68.6. The molecule has 0 rings (SSSR count). The van der Waals surface area contributed by atoms with Crippen LogP contribution in [0.25, 0.3) is 0 Å². The lowest BCUT2D eigenvalue weighted by Crippen LogP contribution is -2.31. The molecule has 0 spiro atoms. The summed E-state index contributed by atoms with van der Waals surface area (Å²) >= 11 is 0. The fraction of sp³-hybridized carbons (Fsp3) is 0.948. The molecule has 1 N–H and O–H groups in total. The molecule has 0 radical (unpaired) electrons. The third-order valence-corrected chi connectivity index (χ3v) is 18.5. The Morgan fingerprint density at radius 2 is 0.573 bits per heavy atom. The van der Waals surface area contributed by atoms with Crippen molar-refractivity contribution in [3.63, 3.8) is 0 Å². The van der Waals surface area contributed by atoms with Gasteiger partial charge in [0.25, 0.3) is 0 Å². The molecule has 1 unspecified atom stereocenters. The highest BCUT2D eigenvalue weighted by atomic mass is 16.7. The highest BCUT2D eigenvalue weighted by Gasteiger charge is 2.17. The lowest BCUT2D eigenvalue weighted by atomic mass is 9.92. The summed E-state index contributed by atoms with van der Waals surface area (Å²) in [6, 6.07) is 0. The Morgan fingerprint density at radius 3 is 0.888 bits per heavy atom. The predicted octanol–water partition coefficient (Wildman–Crippen LogP) is 21.0. The molecule has 0 bridgehead atoms. The fourth-order valence-electron chi connectivity index (χ4n) is 12.6. The van der Waals surface area contributed by atoms with E-state index in [0.717, 1.165) is 148 Å². The molecule has 89 heavy (non-hydrogen) atoms. The van der Waals surface area contributed by atoms with Crippen molar-refractivity contribution in [2.45, 2.75) is 382 Å². The smallest absolute Gasteiger partial charge is 0.309 e. The minimum atomic E-state index is -0.610. The molecule has 12 heteroatoms. The highest BCUT2D eigenvalue weighted by molar-refractivity contribution is 5.70. The van der Waals surface area contributed by atoms with Crippen molar-refractivity contribution in [2.75, 3.05) is 72.3 Å². The first-order valence-corrected chi connectivity index (χ1v) is 38.9. The van der Waals surface area contributed by atoms with E-state index in [2.05, 4.69) is 51.3 Å². The lowest BCUT2D eigenvalue weighted by Gasteiger charge is -2.23. The van der Waals surface area contributed by atoms with Gasteiger partial charge in [0.05, 0.1) is 32.8 Å². The molecular weight excluding hydrogens is 1110 g/mol. The zero-order valence-corrected chi connectivity index (χ0v) is 60.2. The average Bonchev–Trinajstić information content (AvgIpc) is 3.52. The Labute approximate surface area is 551 Å². The zero-order chi connectivity index (χ0) is 65.1. The van der Waals surface area contributed by atoms with Gasteiger partial charge in [-0.05, 0) is 115 Å². The normalized spacial score (nSPS) is 12.1. The summed E-state index contributed by atoms with van der Waals surface area (Å²) in [4.78, 5) is 55.4. The van der Waals surface area contributed by atoms with Crippen LogP contribution < -0.4 is 0 Å². The van der Waals surface area contributed by atoms with E-state index in [4.69, 9.17) is 23.7 Å². The van der Waals surface area contributed by atoms with E-state index < -0.39 is 6.29 Å². The molecule has 0 saturated heterocycles. The van der Waals surface area contributed by atoms with Crippen LogP contribution in [-0.4, -0.2) is 117 Å². The summed E-state index contributed by atoms with van der Waals surface area (Å²) in [6.07, 6.45) is 55.9. The third kappa shape index (κ3) is 61.6. The number of unbranched alkanes of at least 4 members (excludes halogenated alkanes) is 27. The summed E-state index contributed by atoms with van der Waals surface area (Å²) in [6.45, 7) is 23.0. The maximum absolute atomic E-state index is 13.0. The Balaban J connectivity index is 4.82. The number of carbonyl (C=O) groups is 4.